The van der Waals surface area contributed by atoms with E-state index >= 15 is 0 Å². The molecule has 154 valence electrons. The minimum Gasteiger partial charge on any atom is -0.494 e. The number of piperidine rings is 1. The molecule has 2 aromatic rings. The summed E-state index contributed by atoms with van der Waals surface area (Å²) < 4.78 is 5.40. The summed E-state index contributed by atoms with van der Waals surface area (Å²) in [6, 6.07) is 10.8. The molecule has 0 radical (unpaired) electrons. The smallest absolute Gasteiger partial charge is 0.256 e. The first-order valence-electron chi connectivity index (χ1n) is 9.91. The standard InChI is InChI=1S/C22H27N3O3S/c1-3-28-18-8-6-17(7-9-18)20(26)24-15-16-10-13-25(14-11-16)22(27)19-5-4-12-23-21(19)29-2/h4-9,12,16H,3,10-11,13-15H2,1-2H3,(H,24,26). The van der Waals surface area contributed by atoms with Gasteiger partial charge in [-0.25, -0.2) is 4.98 Å². The van der Waals surface area contributed by atoms with Gasteiger partial charge in [-0.1, -0.05) is 0 Å². The van der Waals surface area contributed by atoms with Crippen LogP contribution in [-0.4, -0.2) is 54.2 Å². The average Bonchev–Trinajstić information content (AvgIpc) is 2.78. The van der Waals surface area contributed by atoms with Gasteiger partial charge in [-0.15, -0.1) is 11.8 Å². The van der Waals surface area contributed by atoms with E-state index in [1.807, 2.05) is 36.3 Å². The minimum atomic E-state index is -0.0773. The molecule has 1 aliphatic heterocycles. The van der Waals surface area contributed by atoms with Gasteiger partial charge in [-0.3, -0.25) is 9.59 Å². The molecule has 0 saturated carbocycles. The zero-order chi connectivity index (χ0) is 20.6. The molecule has 1 aliphatic rings. The molecule has 6 nitrogen and oxygen atoms in total. The maximum Gasteiger partial charge on any atom is 0.256 e. The molecule has 1 aromatic carbocycles. The maximum atomic E-state index is 12.8. The van der Waals surface area contributed by atoms with E-state index in [1.54, 1.807) is 24.4 Å². The summed E-state index contributed by atoms with van der Waals surface area (Å²) in [5.74, 6) is 1.10. The van der Waals surface area contributed by atoms with Crippen molar-refractivity contribution in [1.29, 1.82) is 0 Å². The first-order valence-corrected chi connectivity index (χ1v) is 11.1. The normalized spacial score (nSPS) is 14.5. The van der Waals surface area contributed by atoms with Gasteiger partial charge in [0.2, 0.25) is 0 Å². The second kappa shape index (κ2) is 10.3. The fourth-order valence-electron chi connectivity index (χ4n) is 3.44. The van der Waals surface area contributed by atoms with Gasteiger partial charge in [-0.05, 0) is 68.3 Å². The molecular formula is C22H27N3O3S. The number of carbonyl (C=O) groups is 2. The Morgan fingerprint density at radius 1 is 1.21 bits per heavy atom. The topological polar surface area (TPSA) is 71.5 Å². The number of pyridine rings is 1. The lowest BCUT2D eigenvalue weighted by molar-refractivity contribution is 0.0680. The van der Waals surface area contributed by atoms with Crippen LogP contribution in [0.3, 0.4) is 0 Å². The fraction of sp³-hybridized carbons (Fsp3) is 0.409. The number of ether oxygens (including phenoxy) is 1. The molecule has 0 spiro atoms. The van der Waals surface area contributed by atoms with Crippen molar-refractivity contribution in [3.8, 4) is 5.75 Å². The number of hydrogen-bond donors (Lipinski definition) is 1. The van der Waals surface area contributed by atoms with Crippen LogP contribution >= 0.6 is 11.8 Å². The van der Waals surface area contributed by atoms with E-state index in [9.17, 15) is 9.59 Å². The van der Waals surface area contributed by atoms with Gasteiger partial charge in [0, 0.05) is 31.4 Å². The minimum absolute atomic E-state index is 0.0410. The van der Waals surface area contributed by atoms with Crippen LogP contribution in [-0.2, 0) is 0 Å². The Balaban J connectivity index is 1.47. The molecule has 0 aliphatic carbocycles. The zero-order valence-electron chi connectivity index (χ0n) is 16.9. The number of rotatable bonds is 7. The Hall–Kier alpha value is -2.54. The van der Waals surface area contributed by atoms with Crippen LogP contribution in [0.4, 0.5) is 0 Å². The molecule has 1 saturated heterocycles. The first-order chi connectivity index (χ1) is 14.1. The highest BCUT2D eigenvalue weighted by atomic mass is 32.2. The van der Waals surface area contributed by atoms with Crippen molar-refractivity contribution >= 4 is 23.6 Å². The van der Waals surface area contributed by atoms with Crippen molar-refractivity contribution in [2.45, 2.75) is 24.8 Å². The van der Waals surface area contributed by atoms with E-state index in [-0.39, 0.29) is 11.8 Å². The molecular weight excluding hydrogens is 386 g/mol. The summed E-state index contributed by atoms with van der Waals surface area (Å²) >= 11 is 1.49. The number of likely N-dealkylation sites (tertiary alicyclic amines) is 1. The summed E-state index contributed by atoms with van der Waals surface area (Å²) in [6.45, 7) is 4.55. The van der Waals surface area contributed by atoms with Gasteiger partial charge >= 0.3 is 0 Å². The molecule has 1 N–H and O–H groups in total. The summed E-state index contributed by atoms with van der Waals surface area (Å²) in [4.78, 5) is 31.3. The van der Waals surface area contributed by atoms with Crippen molar-refractivity contribution < 1.29 is 14.3 Å². The summed E-state index contributed by atoms with van der Waals surface area (Å²) in [5.41, 5.74) is 1.30. The van der Waals surface area contributed by atoms with E-state index in [2.05, 4.69) is 10.3 Å². The largest absolute Gasteiger partial charge is 0.494 e. The number of aromatic nitrogens is 1. The van der Waals surface area contributed by atoms with Crippen LogP contribution < -0.4 is 10.1 Å². The van der Waals surface area contributed by atoms with Gasteiger partial charge in [0.1, 0.15) is 10.8 Å². The molecule has 29 heavy (non-hydrogen) atoms. The highest BCUT2D eigenvalue weighted by Gasteiger charge is 2.25. The second-order valence-corrected chi connectivity index (χ2v) is 7.76. The van der Waals surface area contributed by atoms with Crippen molar-refractivity contribution in [1.82, 2.24) is 15.2 Å². The van der Waals surface area contributed by atoms with Crippen LogP contribution in [0.15, 0.2) is 47.6 Å². The molecule has 2 amide bonds. The number of carbonyl (C=O) groups excluding carboxylic acids is 2. The third-order valence-electron chi connectivity index (χ3n) is 5.08. The average molecular weight is 414 g/mol. The highest BCUT2D eigenvalue weighted by Crippen LogP contribution is 2.23. The van der Waals surface area contributed by atoms with E-state index in [4.69, 9.17) is 4.74 Å². The van der Waals surface area contributed by atoms with Gasteiger partial charge in [0.05, 0.1) is 12.2 Å². The van der Waals surface area contributed by atoms with Crippen molar-refractivity contribution in [3.05, 3.63) is 53.7 Å². The van der Waals surface area contributed by atoms with Crippen LogP contribution in [0.25, 0.3) is 0 Å². The SMILES string of the molecule is CCOc1ccc(C(=O)NCC2CCN(C(=O)c3cccnc3SC)CC2)cc1. The first kappa shape index (κ1) is 21.2. The number of thioether (sulfide) groups is 1. The Labute approximate surface area is 176 Å². The number of benzene rings is 1. The molecule has 1 aromatic heterocycles. The van der Waals surface area contributed by atoms with Crippen LogP contribution in [0.2, 0.25) is 0 Å². The van der Waals surface area contributed by atoms with Gasteiger partial charge in [0.15, 0.2) is 0 Å². The maximum absolute atomic E-state index is 12.8. The third-order valence-corrected chi connectivity index (χ3v) is 5.79. The van der Waals surface area contributed by atoms with E-state index in [1.165, 1.54) is 11.8 Å². The lowest BCUT2D eigenvalue weighted by Gasteiger charge is -2.32. The molecule has 7 heteroatoms. The predicted molar refractivity (Wildman–Crippen MR) is 115 cm³/mol. The molecule has 2 heterocycles. The summed E-state index contributed by atoms with van der Waals surface area (Å²) in [7, 11) is 0. The van der Waals surface area contributed by atoms with E-state index in [0.29, 0.717) is 43.3 Å². The third kappa shape index (κ3) is 5.50. The number of nitrogens with zero attached hydrogens (tertiary/aromatic N) is 2. The highest BCUT2D eigenvalue weighted by molar-refractivity contribution is 7.98. The zero-order valence-corrected chi connectivity index (χ0v) is 17.7. The van der Waals surface area contributed by atoms with Crippen molar-refractivity contribution in [2.24, 2.45) is 5.92 Å². The van der Waals surface area contributed by atoms with E-state index < -0.39 is 0 Å². The molecule has 0 atom stereocenters. The fourth-order valence-corrected chi connectivity index (χ4v) is 3.98. The van der Waals surface area contributed by atoms with Crippen LogP contribution in [0, 0.1) is 5.92 Å². The Kier molecular flexibility index (Phi) is 7.52. The number of nitrogens with one attached hydrogen (secondary N) is 1. The van der Waals surface area contributed by atoms with Gasteiger partial charge in [-0.2, -0.15) is 0 Å². The van der Waals surface area contributed by atoms with Crippen LogP contribution in [0.5, 0.6) is 5.75 Å². The second-order valence-electron chi connectivity index (χ2n) is 6.96. The van der Waals surface area contributed by atoms with Gasteiger partial charge in [0.25, 0.3) is 11.8 Å². The molecule has 3 rings (SSSR count). The lowest BCUT2D eigenvalue weighted by Crippen LogP contribution is -2.41. The quantitative estimate of drug-likeness (QED) is 0.704. The Morgan fingerprint density at radius 2 is 1.93 bits per heavy atom. The van der Waals surface area contributed by atoms with Crippen molar-refractivity contribution in [2.75, 3.05) is 32.5 Å². The monoisotopic (exact) mass is 413 g/mol. The summed E-state index contributed by atoms with van der Waals surface area (Å²) in [6.07, 6.45) is 5.40. The van der Waals surface area contributed by atoms with Crippen LogP contribution in [0.1, 0.15) is 40.5 Å². The molecule has 0 bridgehead atoms. The Bertz CT molecular complexity index is 833. The van der Waals surface area contributed by atoms with Crippen molar-refractivity contribution in [3.63, 3.8) is 0 Å². The Morgan fingerprint density at radius 3 is 2.59 bits per heavy atom. The molecule has 1 fully saturated rings. The predicted octanol–water partition coefficient (Wildman–Crippen LogP) is 3.48. The number of hydrogen-bond acceptors (Lipinski definition) is 5. The number of amides is 2. The van der Waals surface area contributed by atoms with E-state index in [0.717, 1.165) is 23.6 Å². The van der Waals surface area contributed by atoms with Gasteiger partial charge < -0.3 is 15.0 Å². The lowest BCUT2D eigenvalue weighted by atomic mass is 9.96. The molecule has 0 unspecified atom stereocenters. The summed E-state index contributed by atoms with van der Waals surface area (Å²) in [5, 5.41) is 3.78.